The van der Waals surface area contributed by atoms with Crippen molar-refractivity contribution in [3.8, 4) is 0 Å². The molecule has 0 atom stereocenters. The highest BCUT2D eigenvalue weighted by molar-refractivity contribution is 7.89. The van der Waals surface area contributed by atoms with Crippen molar-refractivity contribution < 1.29 is 18.0 Å². The molecular weight excluding hydrogens is 486 g/mol. The molecule has 2 amide bonds. The van der Waals surface area contributed by atoms with Gasteiger partial charge in [0, 0.05) is 5.39 Å². The number of para-hydroxylation sites is 1. The average molecular weight is 516 g/mol. The largest absolute Gasteiger partial charge is 0.355 e. The van der Waals surface area contributed by atoms with Crippen LogP contribution in [-0.4, -0.2) is 30.5 Å². The number of pyridine rings is 1. The molecule has 3 aliphatic carbocycles. The highest BCUT2D eigenvalue weighted by Gasteiger charge is 2.30. The third-order valence-corrected chi connectivity index (χ3v) is 7.72. The van der Waals surface area contributed by atoms with Crippen LogP contribution in [-0.2, 0) is 27.2 Å². The van der Waals surface area contributed by atoms with Gasteiger partial charge in [0.25, 0.3) is 0 Å². The molecule has 190 valence electrons. The fourth-order valence-corrected chi connectivity index (χ4v) is 5.52. The number of rotatable bonds is 7. The van der Waals surface area contributed by atoms with E-state index in [9.17, 15) is 13.2 Å². The molecule has 1 aromatic heterocycles. The SMILES string of the molecule is O=C(NS(=O)(=O)Cc1ccccc1)N(OCc1ccc2ccccc2n1)C1CCCC1.c1cc2ccc1=2. The monoisotopic (exact) mass is 515 g/mol. The number of nitrogens with one attached hydrogen (secondary N) is 1. The lowest BCUT2D eigenvalue weighted by molar-refractivity contribution is -0.152. The van der Waals surface area contributed by atoms with E-state index in [-0.39, 0.29) is 18.4 Å². The number of fused-ring (bicyclic) bond motifs is 1. The molecule has 0 bridgehead atoms. The van der Waals surface area contributed by atoms with Gasteiger partial charge in [0.05, 0.1) is 23.0 Å². The molecule has 8 heteroatoms. The Bertz CT molecular complexity index is 1540. The summed E-state index contributed by atoms with van der Waals surface area (Å²) in [6.45, 7) is 0.0769. The highest BCUT2D eigenvalue weighted by atomic mass is 32.2. The van der Waals surface area contributed by atoms with Gasteiger partial charge >= 0.3 is 6.03 Å². The van der Waals surface area contributed by atoms with E-state index in [0.717, 1.165) is 36.6 Å². The third-order valence-electron chi connectivity index (χ3n) is 6.52. The summed E-state index contributed by atoms with van der Waals surface area (Å²) in [5.41, 5.74) is 2.11. The Labute approximate surface area is 216 Å². The number of nitrogens with zero attached hydrogens (tertiary/aromatic N) is 2. The Hall–Kier alpha value is -3.75. The van der Waals surface area contributed by atoms with E-state index in [0.29, 0.717) is 11.3 Å². The zero-order chi connectivity index (χ0) is 25.7. The van der Waals surface area contributed by atoms with Crippen LogP contribution in [0.1, 0.15) is 36.9 Å². The molecule has 7 nitrogen and oxygen atoms in total. The minimum absolute atomic E-state index is 0.0769. The third kappa shape index (κ3) is 6.34. The summed E-state index contributed by atoms with van der Waals surface area (Å²) in [6, 6.07) is 27.9. The number of urea groups is 1. The first-order chi connectivity index (χ1) is 18.0. The van der Waals surface area contributed by atoms with E-state index >= 15 is 0 Å². The first-order valence-corrected chi connectivity index (χ1v) is 14.1. The Balaban J connectivity index is 0.000000403. The van der Waals surface area contributed by atoms with Gasteiger partial charge in [-0.05, 0) is 41.0 Å². The van der Waals surface area contributed by atoms with Crippen molar-refractivity contribution in [3.63, 3.8) is 0 Å². The molecule has 1 N–H and O–H groups in total. The van der Waals surface area contributed by atoms with Crippen molar-refractivity contribution in [1.82, 2.24) is 14.8 Å². The number of benzene rings is 3. The second-order valence-electron chi connectivity index (χ2n) is 9.26. The zero-order valence-electron chi connectivity index (χ0n) is 20.4. The topological polar surface area (TPSA) is 88.6 Å². The van der Waals surface area contributed by atoms with Crippen molar-refractivity contribution >= 4 is 27.0 Å². The van der Waals surface area contributed by atoms with Gasteiger partial charge in [-0.1, -0.05) is 91.7 Å². The molecule has 0 aliphatic heterocycles. The van der Waals surface area contributed by atoms with Crippen LogP contribution < -0.4 is 4.72 Å². The molecule has 37 heavy (non-hydrogen) atoms. The fraction of sp³-hybridized carbons (Fsp3) is 0.241. The van der Waals surface area contributed by atoms with Crippen LogP contribution in [0.25, 0.3) is 10.9 Å². The number of hydroxylamine groups is 2. The van der Waals surface area contributed by atoms with Gasteiger partial charge < -0.3 is 0 Å². The Morgan fingerprint density at radius 1 is 0.865 bits per heavy atom. The van der Waals surface area contributed by atoms with Gasteiger partial charge in [-0.3, -0.25) is 9.82 Å². The first kappa shape index (κ1) is 24.9. The minimum Gasteiger partial charge on any atom is -0.263 e. The van der Waals surface area contributed by atoms with Gasteiger partial charge in [-0.15, -0.1) is 0 Å². The van der Waals surface area contributed by atoms with Gasteiger partial charge in [-0.25, -0.2) is 17.9 Å². The second-order valence-corrected chi connectivity index (χ2v) is 11.0. The molecule has 1 fully saturated rings. The quantitative estimate of drug-likeness (QED) is 0.292. The summed E-state index contributed by atoms with van der Waals surface area (Å²) >= 11 is 0. The summed E-state index contributed by atoms with van der Waals surface area (Å²) in [7, 11) is -3.86. The minimum atomic E-state index is -3.86. The van der Waals surface area contributed by atoms with Crippen molar-refractivity contribution in [3.05, 3.63) is 113 Å². The molecule has 0 unspecified atom stereocenters. The molecule has 6 rings (SSSR count). The zero-order valence-corrected chi connectivity index (χ0v) is 21.2. The van der Waals surface area contributed by atoms with Gasteiger partial charge in [0.2, 0.25) is 10.0 Å². The van der Waals surface area contributed by atoms with E-state index in [4.69, 9.17) is 4.84 Å². The maximum absolute atomic E-state index is 12.9. The molecule has 0 saturated heterocycles. The predicted octanol–water partition coefficient (Wildman–Crippen LogP) is 5.44. The molecule has 0 radical (unpaired) electrons. The normalized spacial score (nSPS) is 14.1. The van der Waals surface area contributed by atoms with Crippen molar-refractivity contribution in [2.24, 2.45) is 0 Å². The van der Waals surface area contributed by atoms with E-state index in [1.54, 1.807) is 24.3 Å². The molecule has 2 aromatic carbocycles. The summed E-state index contributed by atoms with van der Waals surface area (Å²) in [5.74, 6) is -0.273. The standard InChI is InChI=1S/C23H25N3O4S.C6H4/c27-23(25-31(28,29)17-18-8-2-1-3-9-18)26(21-11-5-6-12-21)30-16-20-15-14-19-10-4-7-13-22(19)24-20;1-2-6-4-3-5(1)6/h1-4,7-10,13-15,21H,5-6,11-12,16-17H2,(H,25,27);1-4H. The lowest BCUT2D eigenvalue weighted by Gasteiger charge is -2.27. The number of hydrogen-bond acceptors (Lipinski definition) is 5. The maximum atomic E-state index is 12.9. The molecular formula is C29H29N3O4S. The van der Waals surface area contributed by atoms with Crippen molar-refractivity contribution in [2.75, 3.05) is 0 Å². The summed E-state index contributed by atoms with van der Waals surface area (Å²) in [4.78, 5) is 23.2. The van der Waals surface area contributed by atoms with Crippen LogP contribution >= 0.6 is 0 Å². The fourth-order valence-electron chi connectivity index (χ4n) is 4.46. The summed E-state index contributed by atoms with van der Waals surface area (Å²) < 4.78 is 27.2. The number of aromatic nitrogens is 1. The smallest absolute Gasteiger partial charge is 0.263 e. The van der Waals surface area contributed by atoms with Crippen LogP contribution in [0.4, 0.5) is 4.79 Å². The van der Waals surface area contributed by atoms with Crippen molar-refractivity contribution in [1.29, 1.82) is 0 Å². The van der Waals surface area contributed by atoms with Gasteiger partial charge in [0.1, 0.15) is 6.61 Å². The maximum Gasteiger partial charge on any atom is 0.355 e. The number of carbonyl (C=O) groups is 1. The lowest BCUT2D eigenvalue weighted by Crippen LogP contribution is -2.47. The number of sulfonamides is 1. The van der Waals surface area contributed by atoms with Gasteiger partial charge in [-0.2, -0.15) is 5.06 Å². The van der Waals surface area contributed by atoms with Crippen LogP contribution in [0.15, 0.2) is 91.0 Å². The van der Waals surface area contributed by atoms with Crippen LogP contribution in [0.5, 0.6) is 0 Å². The number of hydrogen-bond donors (Lipinski definition) is 1. The lowest BCUT2D eigenvalue weighted by atomic mass is 10.1. The van der Waals surface area contributed by atoms with Crippen LogP contribution in [0.3, 0.4) is 0 Å². The number of carbonyl (C=O) groups excluding carboxylic acids is 1. The Kier molecular flexibility index (Phi) is 7.48. The molecule has 0 spiro atoms. The highest BCUT2D eigenvalue weighted by Crippen LogP contribution is 2.25. The Morgan fingerprint density at radius 3 is 2.16 bits per heavy atom. The molecule has 1 heterocycles. The van der Waals surface area contributed by atoms with E-state index in [1.807, 2.05) is 42.5 Å². The van der Waals surface area contributed by atoms with Gasteiger partial charge in [0.15, 0.2) is 0 Å². The summed E-state index contributed by atoms with van der Waals surface area (Å²) in [5, 5.41) is 5.06. The van der Waals surface area contributed by atoms with Crippen molar-refractivity contribution in [2.45, 2.75) is 44.1 Å². The number of amides is 2. The average Bonchev–Trinajstić information content (AvgIpc) is 3.41. The van der Waals surface area contributed by atoms with E-state index in [1.165, 1.54) is 15.5 Å². The van der Waals surface area contributed by atoms with Crippen LogP contribution in [0, 0.1) is 10.4 Å². The molecule has 3 aliphatic rings. The predicted molar refractivity (Wildman–Crippen MR) is 142 cm³/mol. The second kappa shape index (κ2) is 11.1. The van der Waals surface area contributed by atoms with E-state index in [2.05, 4.69) is 34.0 Å². The molecule has 1 saturated carbocycles. The van der Waals surface area contributed by atoms with Crippen LogP contribution in [0.2, 0.25) is 0 Å². The Morgan fingerprint density at radius 2 is 1.51 bits per heavy atom. The molecule has 3 aromatic rings. The first-order valence-electron chi connectivity index (χ1n) is 12.4. The summed E-state index contributed by atoms with van der Waals surface area (Å²) in [6.07, 6.45) is 3.50. The van der Waals surface area contributed by atoms with E-state index < -0.39 is 16.1 Å².